The lowest BCUT2D eigenvalue weighted by Crippen LogP contribution is -2.39. The lowest BCUT2D eigenvalue weighted by molar-refractivity contribution is 0.0931. The molecule has 0 saturated heterocycles. The number of hydrogen-bond acceptors (Lipinski definition) is 5. The van der Waals surface area contributed by atoms with Gasteiger partial charge in [0.25, 0.3) is 11.5 Å². The zero-order chi connectivity index (χ0) is 22.1. The maximum Gasteiger partial charge on any atom is 0.345 e. The third-order valence-corrected chi connectivity index (χ3v) is 5.89. The third-order valence-electron chi connectivity index (χ3n) is 5.89. The Balaban J connectivity index is 1.48. The number of likely N-dealkylation sites (N-methyl/N-ethyl adjacent to an activating group) is 1. The summed E-state index contributed by atoms with van der Waals surface area (Å²) in [4.78, 5) is 40.3. The number of aryl methyl sites for hydroxylation is 2. The van der Waals surface area contributed by atoms with Gasteiger partial charge in [-0.3, -0.25) is 14.2 Å². The van der Waals surface area contributed by atoms with Crippen molar-refractivity contribution in [1.29, 1.82) is 0 Å². The number of benzene rings is 1. The Hall–Kier alpha value is -3.20. The Bertz CT molecular complexity index is 1240. The van der Waals surface area contributed by atoms with Crippen LogP contribution >= 0.6 is 0 Å². The summed E-state index contributed by atoms with van der Waals surface area (Å²) in [5.41, 5.74) is 0.498. The van der Waals surface area contributed by atoms with E-state index >= 15 is 0 Å². The van der Waals surface area contributed by atoms with Crippen LogP contribution in [-0.2, 0) is 26.6 Å². The van der Waals surface area contributed by atoms with Crippen molar-refractivity contribution >= 4 is 16.8 Å². The molecule has 0 bridgehead atoms. The van der Waals surface area contributed by atoms with Gasteiger partial charge in [-0.1, -0.05) is 18.2 Å². The molecule has 1 aliphatic heterocycles. The van der Waals surface area contributed by atoms with Gasteiger partial charge in [-0.25, -0.2) is 9.48 Å². The first-order valence-corrected chi connectivity index (χ1v) is 10.6. The third kappa shape index (κ3) is 4.18. The summed E-state index contributed by atoms with van der Waals surface area (Å²) in [6, 6.07) is 9.02. The summed E-state index contributed by atoms with van der Waals surface area (Å²) < 4.78 is 4.73. The van der Waals surface area contributed by atoms with Gasteiger partial charge in [0.15, 0.2) is 0 Å². The summed E-state index contributed by atoms with van der Waals surface area (Å²) in [6.45, 7) is 1.80. The number of para-hydroxylation sites is 1. The van der Waals surface area contributed by atoms with Crippen LogP contribution < -0.4 is 16.6 Å². The number of nitrogens with one attached hydrogen (secondary N) is 1. The summed E-state index contributed by atoms with van der Waals surface area (Å²) in [5.74, 6) is 0.376. The van der Waals surface area contributed by atoms with E-state index < -0.39 is 0 Å². The first-order chi connectivity index (χ1) is 14.8. The lowest BCUT2D eigenvalue weighted by atomic mass is 10.1. The topological polar surface area (TPSA) is 94.2 Å². The van der Waals surface area contributed by atoms with Gasteiger partial charge >= 0.3 is 5.69 Å². The summed E-state index contributed by atoms with van der Waals surface area (Å²) in [6.07, 6.45) is 1.89. The lowest BCUT2D eigenvalue weighted by Gasteiger charge is -2.16. The van der Waals surface area contributed by atoms with E-state index in [4.69, 9.17) is 0 Å². The molecule has 9 heteroatoms. The average molecular weight is 425 g/mol. The molecule has 3 aromatic rings. The van der Waals surface area contributed by atoms with Crippen LogP contribution in [0.4, 0.5) is 0 Å². The van der Waals surface area contributed by atoms with Crippen LogP contribution in [0.5, 0.6) is 0 Å². The predicted octanol–water partition coefficient (Wildman–Crippen LogP) is 0.593. The number of carbonyl (C=O) groups is 1. The minimum atomic E-state index is -0.376. The van der Waals surface area contributed by atoms with E-state index in [0.29, 0.717) is 32.4 Å². The molecule has 1 aromatic carbocycles. The second-order valence-electron chi connectivity index (χ2n) is 8.36. The van der Waals surface area contributed by atoms with Crippen molar-refractivity contribution < 1.29 is 4.79 Å². The number of fused-ring (bicyclic) bond motifs is 2. The first-order valence-electron chi connectivity index (χ1n) is 10.6. The highest BCUT2D eigenvalue weighted by Gasteiger charge is 2.23. The number of nitrogens with zero attached hydrogens (tertiary/aromatic N) is 5. The minimum Gasteiger partial charge on any atom is -0.349 e. The van der Waals surface area contributed by atoms with Gasteiger partial charge in [-0.2, -0.15) is 5.10 Å². The maximum atomic E-state index is 12.9. The van der Waals surface area contributed by atoms with Gasteiger partial charge in [0, 0.05) is 32.6 Å². The van der Waals surface area contributed by atoms with Crippen LogP contribution in [0.3, 0.4) is 0 Å². The molecular weight excluding hydrogens is 396 g/mol. The van der Waals surface area contributed by atoms with E-state index in [1.165, 1.54) is 9.25 Å². The van der Waals surface area contributed by atoms with Gasteiger partial charge in [-0.05, 0) is 44.5 Å². The molecule has 0 radical (unpaired) electrons. The molecule has 4 rings (SSSR count). The van der Waals surface area contributed by atoms with E-state index in [2.05, 4.69) is 10.4 Å². The second-order valence-corrected chi connectivity index (χ2v) is 8.36. The van der Waals surface area contributed by atoms with Crippen molar-refractivity contribution in [3.05, 3.63) is 62.6 Å². The fraction of sp³-hybridized carbons (Fsp3) is 0.455. The van der Waals surface area contributed by atoms with Gasteiger partial charge < -0.3 is 14.8 Å². The first kappa shape index (κ1) is 21.0. The molecule has 9 nitrogen and oxygen atoms in total. The minimum absolute atomic E-state index is 0.104. The fourth-order valence-corrected chi connectivity index (χ4v) is 4.06. The van der Waals surface area contributed by atoms with Crippen molar-refractivity contribution in [1.82, 2.24) is 29.1 Å². The highest BCUT2D eigenvalue weighted by Crippen LogP contribution is 2.15. The largest absolute Gasteiger partial charge is 0.349 e. The Morgan fingerprint density at radius 2 is 2.00 bits per heavy atom. The molecule has 0 fully saturated rings. The van der Waals surface area contributed by atoms with E-state index in [-0.39, 0.29) is 28.8 Å². The number of pyridine rings is 1. The van der Waals surface area contributed by atoms with Crippen LogP contribution in [-0.4, -0.2) is 56.4 Å². The SMILES string of the molecule is CN(C)CCn1nc2n(c1=O)CCC(NC(=O)c1cc3ccccc3n(C)c1=O)CC2. The quantitative estimate of drug-likeness (QED) is 0.647. The molecule has 1 atom stereocenters. The Labute approximate surface area is 179 Å². The zero-order valence-corrected chi connectivity index (χ0v) is 18.2. The van der Waals surface area contributed by atoms with Crippen LogP contribution in [0.2, 0.25) is 0 Å². The smallest absolute Gasteiger partial charge is 0.345 e. The Morgan fingerprint density at radius 1 is 1.23 bits per heavy atom. The van der Waals surface area contributed by atoms with Gasteiger partial charge in [-0.15, -0.1) is 0 Å². The van der Waals surface area contributed by atoms with Crippen molar-refractivity contribution in [2.45, 2.75) is 38.4 Å². The molecule has 1 aliphatic rings. The summed E-state index contributed by atoms with van der Waals surface area (Å²) >= 11 is 0. The van der Waals surface area contributed by atoms with E-state index in [9.17, 15) is 14.4 Å². The van der Waals surface area contributed by atoms with Crippen molar-refractivity contribution in [2.75, 3.05) is 20.6 Å². The standard InChI is InChI=1S/C22H28N6O3/c1-25(2)12-13-28-22(31)27-11-10-16(8-9-19(27)24-28)23-20(29)17-14-15-6-4-5-7-18(15)26(3)21(17)30/h4-7,14,16H,8-13H2,1-3H3,(H,23,29). The van der Waals surface area contributed by atoms with E-state index in [1.54, 1.807) is 17.7 Å². The number of aromatic nitrogens is 4. The normalized spacial score (nSPS) is 16.3. The molecule has 1 amide bonds. The number of amides is 1. The van der Waals surface area contributed by atoms with E-state index in [0.717, 1.165) is 23.3 Å². The molecule has 164 valence electrons. The van der Waals surface area contributed by atoms with Crippen LogP contribution in [0.1, 0.15) is 29.0 Å². The van der Waals surface area contributed by atoms with Crippen molar-refractivity contribution in [3.63, 3.8) is 0 Å². The Kier molecular flexibility index (Phi) is 5.77. The van der Waals surface area contributed by atoms with Gasteiger partial charge in [0.2, 0.25) is 0 Å². The fourth-order valence-electron chi connectivity index (χ4n) is 4.06. The zero-order valence-electron chi connectivity index (χ0n) is 18.2. The molecule has 3 heterocycles. The van der Waals surface area contributed by atoms with Crippen LogP contribution in [0, 0.1) is 0 Å². The molecular formula is C22H28N6O3. The molecule has 31 heavy (non-hydrogen) atoms. The molecule has 1 unspecified atom stereocenters. The second kappa shape index (κ2) is 8.50. The highest BCUT2D eigenvalue weighted by molar-refractivity contribution is 5.97. The number of rotatable bonds is 5. The van der Waals surface area contributed by atoms with Gasteiger partial charge in [0.05, 0.1) is 12.1 Å². The van der Waals surface area contributed by atoms with E-state index in [1.807, 2.05) is 43.3 Å². The molecule has 0 aliphatic carbocycles. The molecule has 0 spiro atoms. The molecule has 0 saturated carbocycles. The van der Waals surface area contributed by atoms with Crippen molar-refractivity contribution in [3.8, 4) is 0 Å². The average Bonchev–Trinajstić information content (AvgIpc) is 2.91. The van der Waals surface area contributed by atoms with Gasteiger partial charge in [0.1, 0.15) is 11.4 Å². The highest BCUT2D eigenvalue weighted by atomic mass is 16.2. The monoisotopic (exact) mass is 424 g/mol. The predicted molar refractivity (Wildman–Crippen MR) is 118 cm³/mol. The van der Waals surface area contributed by atoms with Crippen LogP contribution in [0.25, 0.3) is 10.9 Å². The number of carbonyl (C=O) groups excluding carboxylic acids is 1. The summed E-state index contributed by atoms with van der Waals surface area (Å²) in [7, 11) is 5.60. The molecule has 2 aromatic heterocycles. The summed E-state index contributed by atoms with van der Waals surface area (Å²) in [5, 5.41) is 8.33. The Morgan fingerprint density at radius 3 is 2.77 bits per heavy atom. The maximum absolute atomic E-state index is 12.9. The number of hydrogen-bond donors (Lipinski definition) is 1. The van der Waals surface area contributed by atoms with Crippen LogP contribution in [0.15, 0.2) is 39.9 Å². The molecule has 1 N–H and O–H groups in total. The van der Waals surface area contributed by atoms with Crippen molar-refractivity contribution in [2.24, 2.45) is 7.05 Å².